The third-order valence-corrected chi connectivity index (χ3v) is 5.62. The van der Waals surface area contributed by atoms with Gasteiger partial charge in [0.15, 0.2) is 0 Å². The van der Waals surface area contributed by atoms with E-state index in [1.807, 2.05) is 0 Å². The van der Waals surface area contributed by atoms with E-state index in [-0.39, 0.29) is 28.9 Å². The van der Waals surface area contributed by atoms with Gasteiger partial charge in [0.05, 0.1) is 5.02 Å². The summed E-state index contributed by atoms with van der Waals surface area (Å²) in [4.78, 5) is 22.0. The second-order valence-electron chi connectivity index (χ2n) is 5.05. The number of hydrogen-bond acceptors (Lipinski definition) is 4. The van der Waals surface area contributed by atoms with Crippen LogP contribution in [0.5, 0.6) is 0 Å². The minimum Gasteiger partial charge on any atom is -0.480 e. The normalized spacial score (nSPS) is 12.9. The number of halogens is 1. The van der Waals surface area contributed by atoms with Gasteiger partial charge in [0.2, 0.25) is 15.9 Å². The number of aliphatic carboxylic acids is 1. The van der Waals surface area contributed by atoms with Crippen LogP contribution in [0.25, 0.3) is 0 Å². The molecule has 128 valence electrons. The Morgan fingerprint density at radius 1 is 1.39 bits per heavy atom. The van der Waals surface area contributed by atoms with Crippen molar-refractivity contribution < 1.29 is 23.1 Å². The minimum absolute atomic E-state index is 0.00430. The van der Waals surface area contributed by atoms with Crippen LogP contribution in [0.2, 0.25) is 5.02 Å². The Kier molecular flexibility index (Phi) is 6.55. The molecule has 0 saturated carbocycles. The van der Waals surface area contributed by atoms with Gasteiger partial charge < -0.3 is 10.4 Å². The molecule has 0 aliphatic rings. The van der Waals surface area contributed by atoms with Crippen molar-refractivity contribution in [2.75, 3.05) is 13.1 Å². The van der Waals surface area contributed by atoms with E-state index in [4.69, 9.17) is 16.7 Å². The Bertz CT molecular complexity index is 705. The largest absolute Gasteiger partial charge is 0.480 e. The average molecular weight is 363 g/mol. The van der Waals surface area contributed by atoms with E-state index in [2.05, 4.69) is 5.32 Å². The van der Waals surface area contributed by atoms with Crippen LogP contribution >= 0.6 is 11.6 Å². The number of nitrogens with one attached hydrogen (secondary N) is 1. The van der Waals surface area contributed by atoms with Crippen LogP contribution in [0.3, 0.4) is 0 Å². The first-order valence-corrected chi connectivity index (χ1v) is 8.64. The monoisotopic (exact) mass is 362 g/mol. The van der Waals surface area contributed by atoms with E-state index in [0.717, 1.165) is 9.87 Å². The van der Waals surface area contributed by atoms with Crippen molar-refractivity contribution in [2.45, 2.75) is 31.7 Å². The molecule has 0 aliphatic carbocycles. The molecule has 1 unspecified atom stereocenters. The van der Waals surface area contributed by atoms with Crippen LogP contribution in [-0.2, 0) is 19.6 Å². The molecule has 0 aromatic heterocycles. The fourth-order valence-electron chi connectivity index (χ4n) is 1.93. The summed E-state index contributed by atoms with van der Waals surface area (Å²) in [5.41, 5.74) is 0.782. The number of nitrogens with zero attached hydrogens (tertiary/aromatic N) is 1. The molecule has 1 atom stereocenters. The Labute approximate surface area is 140 Å². The standard InChI is InChI=1S/C14H19ClN2O5S/c1-9-4-5-13(12(15)8-9)23(21,22)17(10(2)14(19)20)7-6-16-11(3)18/h4-5,8,10H,6-7H2,1-3H3,(H,16,18)(H,19,20). The van der Waals surface area contributed by atoms with Gasteiger partial charge in [-0.3, -0.25) is 9.59 Å². The number of aryl methyl sites for hydroxylation is 1. The Hall–Kier alpha value is -1.64. The zero-order valence-electron chi connectivity index (χ0n) is 13.0. The lowest BCUT2D eigenvalue weighted by atomic mass is 10.2. The first-order valence-electron chi connectivity index (χ1n) is 6.82. The van der Waals surface area contributed by atoms with Crippen LogP contribution < -0.4 is 5.32 Å². The maximum absolute atomic E-state index is 12.8. The van der Waals surface area contributed by atoms with E-state index in [0.29, 0.717) is 0 Å². The lowest BCUT2D eigenvalue weighted by Crippen LogP contribution is -2.46. The van der Waals surface area contributed by atoms with Crippen molar-refractivity contribution in [3.63, 3.8) is 0 Å². The third-order valence-electron chi connectivity index (χ3n) is 3.17. The Balaban J connectivity index is 3.21. The first-order chi connectivity index (χ1) is 10.6. The molecule has 0 radical (unpaired) electrons. The van der Waals surface area contributed by atoms with Crippen LogP contribution in [0.15, 0.2) is 23.1 Å². The van der Waals surface area contributed by atoms with E-state index < -0.39 is 22.0 Å². The fraction of sp³-hybridized carbons (Fsp3) is 0.429. The number of carboxylic acids is 1. The molecule has 1 aromatic rings. The number of amides is 1. The van der Waals surface area contributed by atoms with E-state index in [1.54, 1.807) is 13.0 Å². The molecular formula is C14H19ClN2O5S. The van der Waals surface area contributed by atoms with E-state index >= 15 is 0 Å². The van der Waals surface area contributed by atoms with Crippen molar-refractivity contribution in [1.82, 2.24) is 9.62 Å². The molecule has 9 heteroatoms. The number of carbonyl (C=O) groups excluding carboxylic acids is 1. The molecule has 0 heterocycles. The molecule has 0 spiro atoms. The minimum atomic E-state index is -4.12. The number of sulfonamides is 1. The summed E-state index contributed by atoms with van der Waals surface area (Å²) in [6.07, 6.45) is 0. The quantitative estimate of drug-likeness (QED) is 0.759. The molecule has 1 rings (SSSR count). The van der Waals surface area contributed by atoms with Crippen molar-refractivity contribution in [3.05, 3.63) is 28.8 Å². The average Bonchev–Trinajstić information content (AvgIpc) is 2.41. The van der Waals surface area contributed by atoms with Gasteiger partial charge in [-0.25, -0.2) is 8.42 Å². The highest BCUT2D eigenvalue weighted by Gasteiger charge is 2.34. The first kappa shape index (κ1) is 19.4. The molecule has 0 saturated heterocycles. The Morgan fingerprint density at radius 2 is 2.00 bits per heavy atom. The highest BCUT2D eigenvalue weighted by atomic mass is 35.5. The van der Waals surface area contributed by atoms with Crippen molar-refractivity contribution >= 4 is 33.5 Å². The maximum Gasteiger partial charge on any atom is 0.321 e. The van der Waals surface area contributed by atoms with E-state index in [9.17, 15) is 18.0 Å². The third kappa shape index (κ3) is 4.92. The fourth-order valence-corrected chi connectivity index (χ4v) is 4.09. The van der Waals surface area contributed by atoms with Crippen molar-refractivity contribution in [3.8, 4) is 0 Å². The lowest BCUT2D eigenvalue weighted by Gasteiger charge is -2.26. The van der Waals surface area contributed by atoms with Gasteiger partial charge in [-0.1, -0.05) is 17.7 Å². The highest BCUT2D eigenvalue weighted by Crippen LogP contribution is 2.26. The molecule has 0 aliphatic heterocycles. The van der Waals surface area contributed by atoms with Crippen LogP contribution in [0.4, 0.5) is 0 Å². The second-order valence-corrected chi connectivity index (χ2v) is 7.31. The van der Waals surface area contributed by atoms with Gasteiger partial charge in [0, 0.05) is 20.0 Å². The lowest BCUT2D eigenvalue weighted by molar-refractivity contribution is -0.140. The summed E-state index contributed by atoms with van der Waals surface area (Å²) in [6.45, 7) is 4.12. The number of benzene rings is 1. The van der Waals surface area contributed by atoms with Gasteiger partial charge in [0.25, 0.3) is 0 Å². The van der Waals surface area contributed by atoms with Crippen LogP contribution in [0, 0.1) is 6.92 Å². The van der Waals surface area contributed by atoms with E-state index in [1.165, 1.54) is 26.0 Å². The maximum atomic E-state index is 12.8. The van der Waals surface area contributed by atoms with Gasteiger partial charge in [-0.2, -0.15) is 4.31 Å². The molecule has 2 N–H and O–H groups in total. The molecule has 23 heavy (non-hydrogen) atoms. The van der Waals surface area contributed by atoms with Gasteiger partial charge in [-0.05, 0) is 31.5 Å². The molecule has 0 bridgehead atoms. The zero-order chi connectivity index (χ0) is 17.8. The van der Waals surface area contributed by atoms with Crippen LogP contribution in [-0.4, -0.2) is 48.8 Å². The molecule has 7 nitrogen and oxygen atoms in total. The SMILES string of the molecule is CC(=O)NCCN(C(C)C(=O)O)S(=O)(=O)c1ccc(C)cc1Cl. The molecule has 0 fully saturated rings. The zero-order valence-corrected chi connectivity index (χ0v) is 14.6. The topological polar surface area (TPSA) is 104 Å². The Morgan fingerprint density at radius 3 is 2.48 bits per heavy atom. The van der Waals surface area contributed by atoms with Crippen LogP contribution in [0.1, 0.15) is 19.4 Å². The summed E-state index contributed by atoms with van der Waals surface area (Å²) in [5.74, 6) is -1.63. The van der Waals surface area contributed by atoms with Crippen molar-refractivity contribution in [1.29, 1.82) is 0 Å². The summed E-state index contributed by atoms with van der Waals surface area (Å²) < 4.78 is 26.3. The predicted octanol–water partition coefficient (Wildman–Crippen LogP) is 1.25. The predicted molar refractivity (Wildman–Crippen MR) is 85.9 cm³/mol. The van der Waals surface area contributed by atoms with Gasteiger partial charge in [-0.15, -0.1) is 0 Å². The number of carbonyl (C=O) groups is 2. The summed E-state index contributed by atoms with van der Waals surface area (Å²) in [7, 11) is -4.12. The number of rotatable bonds is 7. The summed E-state index contributed by atoms with van der Waals surface area (Å²) in [6, 6.07) is 3.11. The second kappa shape index (κ2) is 7.76. The van der Waals surface area contributed by atoms with Gasteiger partial charge in [0.1, 0.15) is 10.9 Å². The molecular weight excluding hydrogens is 344 g/mol. The highest BCUT2D eigenvalue weighted by molar-refractivity contribution is 7.89. The number of hydrogen-bond donors (Lipinski definition) is 2. The molecule has 1 amide bonds. The van der Waals surface area contributed by atoms with Crippen molar-refractivity contribution in [2.24, 2.45) is 0 Å². The number of carboxylic acid groups (broad SMARTS) is 1. The smallest absolute Gasteiger partial charge is 0.321 e. The van der Waals surface area contributed by atoms with Gasteiger partial charge >= 0.3 is 5.97 Å². The summed E-state index contributed by atoms with van der Waals surface area (Å²) >= 11 is 6.00. The molecule has 1 aromatic carbocycles. The summed E-state index contributed by atoms with van der Waals surface area (Å²) in [5, 5.41) is 11.6.